The lowest BCUT2D eigenvalue weighted by molar-refractivity contribution is 0.432. The summed E-state index contributed by atoms with van der Waals surface area (Å²) >= 11 is 0. The molecule has 0 saturated carbocycles. The molecular formula is C18H12N4O2. The largest absolute Gasteiger partial charge is 0.508 e. The first-order valence-corrected chi connectivity index (χ1v) is 7.29. The Morgan fingerprint density at radius 1 is 0.875 bits per heavy atom. The van der Waals surface area contributed by atoms with Crippen molar-refractivity contribution in [3.05, 3.63) is 67.1 Å². The maximum atomic E-state index is 9.62. The normalized spacial score (nSPS) is 10.7. The first-order chi connectivity index (χ1) is 11.8. The summed E-state index contributed by atoms with van der Waals surface area (Å²) in [6, 6.07) is 14.4. The van der Waals surface area contributed by atoms with E-state index in [0.29, 0.717) is 23.0 Å². The minimum atomic E-state index is 0.202. The number of aromatic hydroxyl groups is 1. The molecule has 4 rings (SSSR count). The first kappa shape index (κ1) is 14.1. The van der Waals surface area contributed by atoms with E-state index in [1.807, 2.05) is 30.3 Å². The van der Waals surface area contributed by atoms with Gasteiger partial charge in [-0.1, -0.05) is 23.4 Å². The van der Waals surface area contributed by atoms with Crippen LogP contribution in [-0.4, -0.2) is 25.2 Å². The van der Waals surface area contributed by atoms with Crippen LogP contribution in [0.15, 0.2) is 71.6 Å². The van der Waals surface area contributed by atoms with E-state index in [4.69, 9.17) is 4.52 Å². The van der Waals surface area contributed by atoms with Gasteiger partial charge in [0.25, 0.3) is 5.89 Å². The summed E-state index contributed by atoms with van der Waals surface area (Å²) < 4.78 is 5.33. The van der Waals surface area contributed by atoms with Gasteiger partial charge >= 0.3 is 0 Å². The number of pyridine rings is 2. The molecule has 0 radical (unpaired) electrons. The Hall–Kier alpha value is -3.54. The highest BCUT2D eigenvalue weighted by Gasteiger charge is 2.12. The molecule has 1 N–H and O–H groups in total. The highest BCUT2D eigenvalue weighted by atomic mass is 16.5. The standard InChI is InChI=1S/C18H12N4O2/c23-15-5-3-4-12(9-15)13-8-14(11-19-10-13)18-21-17(22-24-18)16-6-1-2-7-20-16/h1-11,23H. The number of phenolic OH excluding ortho intramolecular Hbond substituents is 1. The molecule has 0 aliphatic rings. The fourth-order valence-electron chi connectivity index (χ4n) is 2.34. The van der Waals surface area contributed by atoms with Crippen LogP contribution >= 0.6 is 0 Å². The zero-order valence-electron chi connectivity index (χ0n) is 12.5. The quantitative estimate of drug-likeness (QED) is 0.622. The van der Waals surface area contributed by atoms with Gasteiger partial charge in [-0.3, -0.25) is 9.97 Å². The molecule has 3 heterocycles. The molecule has 4 aromatic rings. The van der Waals surface area contributed by atoms with Crippen molar-refractivity contribution in [1.29, 1.82) is 0 Å². The van der Waals surface area contributed by atoms with Crippen molar-refractivity contribution in [2.75, 3.05) is 0 Å². The van der Waals surface area contributed by atoms with E-state index in [2.05, 4.69) is 20.1 Å². The molecule has 0 amide bonds. The fourth-order valence-corrected chi connectivity index (χ4v) is 2.34. The molecule has 0 aliphatic carbocycles. The van der Waals surface area contributed by atoms with Gasteiger partial charge in [-0.05, 0) is 35.9 Å². The molecule has 0 atom stereocenters. The minimum absolute atomic E-state index is 0.202. The number of nitrogens with zero attached hydrogens (tertiary/aromatic N) is 4. The van der Waals surface area contributed by atoms with E-state index >= 15 is 0 Å². The Balaban J connectivity index is 1.71. The van der Waals surface area contributed by atoms with Gasteiger partial charge in [-0.15, -0.1) is 0 Å². The van der Waals surface area contributed by atoms with Crippen molar-refractivity contribution in [1.82, 2.24) is 20.1 Å². The summed E-state index contributed by atoms with van der Waals surface area (Å²) in [7, 11) is 0. The monoisotopic (exact) mass is 316 g/mol. The van der Waals surface area contributed by atoms with Crippen LogP contribution in [0.4, 0.5) is 0 Å². The van der Waals surface area contributed by atoms with Crippen molar-refractivity contribution in [3.8, 4) is 39.8 Å². The summed E-state index contributed by atoms with van der Waals surface area (Å²) in [6.45, 7) is 0. The molecule has 1 aromatic carbocycles. The average molecular weight is 316 g/mol. The zero-order chi connectivity index (χ0) is 16.4. The van der Waals surface area contributed by atoms with Crippen molar-refractivity contribution in [3.63, 3.8) is 0 Å². The number of rotatable bonds is 3. The molecule has 0 bridgehead atoms. The van der Waals surface area contributed by atoms with Crippen molar-refractivity contribution in [2.45, 2.75) is 0 Å². The third-order valence-corrected chi connectivity index (χ3v) is 3.48. The van der Waals surface area contributed by atoms with Crippen LogP contribution in [0, 0.1) is 0 Å². The van der Waals surface area contributed by atoms with Gasteiger partial charge in [0.15, 0.2) is 0 Å². The predicted octanol–water partition coefficient (Wildman–Crippen LogP) is 3.57. The molecule has 0 saturated heterocycles. The molecule has 0 spiro atoms. The van der Waals surface area contributed by atoms with E-state index in [9.17, 15) is 5.11 Å². The van der Waals surface area contributed by atoms with Crippen LogP contribution in [0.5, 0.6) is 5.75 Å². The Kier molecular flexibility index (Phi) is 3.47. The van der Waals surface area contributed by atoms with E-state index < -0.39 is 0 Å². The van der Waals surface area contributed by atoms with E-state index in [1.165, 1.54) is 0 Å². The Bertz CT molecular complexity index is 983. The highest BCUT2D eigenvalue weighted by Crippen LogP contribution is 2.27. The van der Waals surface area contributed by atoms with Crippen molar-refractivity contribution in [2.24, 2.45) is 0 Å². The highest BCUT2D eigenvalue weighted by molar-refractivity contribution is 5.69. The Labute approximate surface area is 137 Å². The molecule has 6 heteroatoms. The van der Waals surface area contributed by atoms with Crippen LogP contribution in [0.1, 0.15) is 0 Å². The third kappa shape index (κ3) is 2.72. The molecular weight excluding hydrogens is 304 g/mol. The number of phenols is 1. The van der Waals surface area contributed by atoms with Gasteiger partial charge in [0, 0.05) is 24.2 Å². The predicted molar refractivity (Wildman–Crippen MR) is 87.9 cm³/mol. The molecule has 0 unspecified atom stereocenters. The second kappa shape index (κ2) is 5.92. The molecule has 6 nitrogen and oxygen atoms in total. The summed E-state index contributed by atoms with van der Waals surface area (Å²) in [6.07, 6.45) is 5.05. The molecule has 0 fully saturated rings. The lowest BCUT2D eigenvalue weighted by Gasteiger charge is -2.03. The summed E-state index contributed by atoms with van der Waals surface area (Å²) in [5, 5.41) is 13.6. The smallest absolute Gasteiger partial charge is 0.259 e. The van der Waals surface area contributed by atoms with Gasteiger partial charge in [0.2, 0.25) is 5.82 Å². The van der Waals surface area contributed by atoms with Gasteiger partial charge in [-0.25, -0.2) is 0 Å². The second-order valence-corrected chi connectivity index (χ2v) is 5.15. The summed E-state index contributed by atoms with van der Waals surface area (Å²) in [5.74, 6) is 0.992. The number of hydrogen-bond donors (Lipinski definition) is 1. The Morgan fingerprint density at radius 2 is 1.79 bits per heavy atom. The van der Waals surface area contributed by atoms with Crippen LogP contribution < -0.4 is 0 Å². The Morgan fingerprint density at radius 3 is 2.62 bits per heavy atom. The maximum Gasteiger partial charge on any atom is 0.259 e. The first-order valence-electron chi connectivity index (χ1n) is 7.29. The third-order valence-electron chi connectivity index (χ3n) is 3.48. The molecule has 3 aromatic heterocycles. The lowest BCUT2D eigenvalue weighted by atomic mass is 10.1. The van der Waals surface area contributed by atoms with Crippen LogP contribution in [0.25, 0.3) is 34.1 Å². The van der Waals surface area contributed by atoms with Crippen molar-refractivity contribution >= 4 is 0 Å². The van der Waals surface area contributed by atoms with Crippen LogP contribution in [0.3, 0.4) is 0 Å². The van der Waals surface area contributed by atoms with E-state index in [0.717, 1.165) is 11.1 Å². The zero-order valence-corrected chi connectivity index (χ0v) is 12.5. The van der Waals surface area contributed by atoms with Crippen LogP contribution in [0.2, 0.25) is 0 Å². The maximum absolute atomic E-state index is 9.62. The van der Waals surface area contributed by atoms with E-state index in [1.54, 1.807) is 36.8 Å². The second-order valence-electron chi connectivity index (χ2n) is 5.15. The topological polar surface area (TPSA) is 84.9 Å². The van der Waals surface area contributed by atoms with Gasteiger partial charge in [-0.2, -0.15) is 4.98 Å². The minimum Gasteiger partial charge on any atom is -0.508 e. The number of benzene rings is 1. The molecule has 0 aliphatic heterocycles. The van der Waals surface area contributed by atoms with Crippen molar-refractivity contribution < 1.29 is 9.63 Å². The molecule has 116 valence electrons. The number of aromatic nitrogens is 4. The van der Waals surface area contributed by atoms with Gasteiger partial charge in [0.05, 0.1) is 5.56 Å². The fraction of sp³-hybridized carbons (Fsp3) is 0. The van der Waals surface area contributed by atoms with E-state index in [-0.39, 0.29) is 5.75 Å². The van der Waals surface area contributed by atoms with Gasteiger partial charge in [0.1, 0.15) is 11.4 Å². The number of hydrogen-bond acceptors (Lipinski definition) is 6. The molecule has 24 heavy (non-hydrogen) atoms. The summed E-state index contributed by atoms with van der Waals surface area (Å²) in [5.41, 5.74) is 3.05. The van der Waals surface area contributed by atoms with Crippen LogP contribution in [-0.2, 0) is 0 Å². The summed E-state index contributed by atoms with van der Waals surface area (Å²) in [4.78, 5) is 12.8. The van der Waals surface area contributed by atoms with Gasteiger partial charge < -0.3 is 9.63 Å². The SMILES string of the molecule is Oc1cccc(-c2cncc(-c3nc(-c4ccccn4)no3)c2)c1. The lowest BCUT2D eigenvalue weighted by Crippen LogP contribution is -1.86. The average Bonchev–Trinajstić information content (AvgIpc) is 3.13.